The number of rotatable bonds is 6. The second-order valence-electron chi connectivity index (χ2n) is 7.27. The van der Waals surface area contributed by atoms with Gasteiger partial charge >= 0.3 is 0 Å². The molecule has 2 aromatic carbocycles. The summed E-state index contributed by atoms with van der Waals surface area (Å²) in [4.78, 5) is 10.3. The molecule has 0 bridgehead atoms. The van der Waals surface area contributed by atoms with Crippen LogP contribution in [0, 0.1) is 0 Å². The van der Waals surface area contributed by atoms with Crippen molar-refractivity contribution in [1.29, 1.82) is 0 Å². The summed E-state index contributed by atoms with van der Waals surface area (Å²) in [5.41, 5.74) is 10.8. The van der Waals surface area contributed by atoms with Crippen LogP contribution in [-0.2, 0) is 0 Å². The summed E-state index contributed by atoms with van der Waals surface area (Å²) in [5.74, 6) is 1.07. The summed E-state index contributed by atoms with van der Waals surface area (Å²) in [7, 11) is 0. The van der Waals surface area contributed by atoms with Crippen LogP contribution in [0.1, 0.15) is 50.7 Å². The van der Waals surface area contributed by atoms with Gasteiger partial charge in [-0.2, -0.15) is 0 Å². The molecule has 4 nitrogen and oxygen atoms in total. The predicted octanol–water partition coefficient (Wildman–Crippen LogP) is 6.75. The highest BCUT2D eigenvalue weighted by molar-refractivity contribution is 8.00. The van der Waals surface area contributed by atoms with Gasteiger partial charge in [0.15, 0.2) is 0 Å². The van der Waals surface area contributed by atoms with E-state index in [1.165, 1.54) is 17.5 Å². The first-order valence-corrected chi connectivity index (χ1v) is 10.5. The Labute approximate surface area is 176 Å². The molecule has 1 aromatic heterocycles. The van der Waals surface area contributed by atoms with Crippen molar-refractivity contribution >= 4 is 35.2 Å². The zero-order valence-corrected chi connectivity index (χ0v) is 18.1. The van der Waals surface area contributed by atoms with Gasteiger partial charge < -0.3 is 5.73 Å². The number of nitrogen functional groups attached to an aromatic ring is 1. The molecule has 0 saturated carbocycles. The molecule has 0 unspecified atom stereocenters. The van der Waals surface area contributed by atoms with E-state index in [-0.39, 0.29) is 5.92 Å². The lowest BCUT2D eigenvalue weighted by molar-refractivity contribution is 0.843. The van der Waals surface area contributed by atoms with Gasteiger partial charge in [-0.1, -0.05) is 69.6 Å². The first-order chi connectivity index (χ1) is 13.4. The van der Waals surface area contributed by atoms with E-state index in [9.17, 15) is 0 Å². The Morgan fingerprint density at radius 1 is 0.964 bits per heavy atom. The lowest BCUT2D eigenvalue weighted by Gasteiger charge is -2.19. The zero-order chi connectivity index (χ0) is 20.3. The third-order valence-corrected chi connectivity index (χ3v) is 5.50. The Kier molecular flexibility index (Phi) is 6.47. The van der Waals surface area contributed by atoms with E-state index in [0.29, 0.717) is 22.7 Å². The van der Waals surface area contributed by atoms with Crippen molar-refractivity contribution in [3.63, 3.8) is 0 Å². The summed E-state index contributed by atoms with van der Waals surface area (Å²) in [6, 6.07) is 16.0. The van der Waals surface area contributed by atoms with Gasteiger partial charge in [-0.3, -0.25) is 4.72 Å². The van der Waals surface area contributed by atoms with Crippen LogP contribution < -0.4 is 10.5 Å². The van der Waals surface area contributed by atoms with Crippen LogP contribution in [0.3, 0.4) is 0 Å². The third kappa shape index (κ3) is 4.59. The summed E-state index contributed by atoms with van der Waals surface area (Å²) in [6.45, 7) is 8.60. The van der Waals surface area contributed by atoms with E-state index in [4.69, 9.17) is 22.3 Å². The molecule has 0 fully saturated rings. The molecule has 3 rings (SSSR count). The van der Waals surface area contributed by atoms with Gasteiger partial charge in [-0.25, -0.2) is 9.97 Å². The third-order valence-electron chi connectivity index (χ3n) is 4.43. The number of nitrogens with two attached hydrogens (primary N) is 1. The number of hydrogen-bond acceptors (Lipinski definition) is 5. The number of nitrogens with one attached hydrogen (secondary N) is 1. The molecule has 0 saturated heterocycles. The Hall–Kier alpha value is -2.24. The van der Waals surface area contributed by atoms with Gasteiger partial charge in [0.05, 0.1) is 5.69 Å². The molecular weight excluding hydrogens is 388 g/mol. The molecular formula is C22H25ClN4S. The number of benzene rings is 2. The first-order valence-electron chi connectivity index (χ1n) is 9.32. The quantitative estimate of drug-likeness (QED) is 0.266. The van der Waals surface area contributed by atoms with Gasteiger partial charge in [-0.15, -0.1) is 0 Å². The van der Waals surface area contributed by atoms with Gasteiger partial charge in [-0.05, 0) is 47.5 Å². The van der Waals surface area contributed by atoms with Crippen LogP contribution in [0.2, 0.25) is 5.15 Å². The van der Waals surface area contributed by atoms with Crippen LogP contribution in [0.5, 0.6) is 0 Å². The smallest absolute Gasteiger partial charge is 0.235 e. The summed E-state index contributed by atoms with van der Waals surface area (Å²) >= 11 is 8.01. The molecule has 3 N–H and O–H groups in total. The Morgan fingerprint density at radius 2 is 1.71 bits per heavy atom. The highest BCUT2D eigenvalue weighted by atomic mass is 35.5. The average molecular weight is 413 g/mol. The largest absolute Gasteiger partial charge is 0.399 e. The van der Waals surface area contributed by atoms with Crippen molar-refractivity contribution in [2.75, 3.05) is 10.5 Å². The number of nitrogens with zero attached hydrogens (tertiary/aromatic N) is 2. The number of aromatic nitrogens is 2. The Morgan fingerprint density at radius 3 is 2.39 bits per heavy atom. The van der Waals surface area contributed by atoms with E-state index in [1.54, 1.807) is 0 Å². The minimum Gasteiger partial charge on any atom is -0.399 e. The molecule has 0 aliphatic heterocycles. The van der Waals surface area contributed by atoms with Crippen LogP contribution >= 0.6 is 23.5 Å². The highest BCUT2D eigenvalue weighted by Gasteiger charge is 2.20. The van der Waals surface area contributed by atoms with Crippen LogP contribution in [0.25, 0.3) is 11.3 Å². The second-order valence-corrected chi connectivity index (χ2v) is 8.51. The number of halogens is 1. The van der Waals surface area contributed by atoms with Gasteiger partial charge in [0, 0.05) is 21.7 Å². The highest BCUT2D eigenvalue weighted by Crippen LogP contribution is 2.37. The average Bonchev–Trinajstić information content (AvgIpc) is 2.65. The summed E-state index contributed by atoms with van der Waals surface area (Å²) in [5, 5.41) is 0.481. The normalized spacial score (nSPS) is 11.2. The van der Waals surface area contributed by atoms with Crippen molar-refractivity contribution in [3.05, 3.63) is 64.8 Å². The van der Waals surface area contributed by atoms with E-state index < -0.39 is 0 Å². The molecule has 6 heteroatoms. The monoisotopic (exact) mass is 412 g/mol. The standard InChI is InChI=1S/C22H25ClN4S/c1-13(2)17-10-5-6-11-18(17)20-19(14(3)4)21(23)26-22(25-20)27-28-16-9-7-8-15(24)12-16/h5-14H,24H2,1-4H3,(H,25,26,27). The Bertz CT molecular complexity index is 973. The lowest BCUT2D eigenvalue weighted by Crippen LogP contribution is -2.05. The molecule has 0 amide bonds. The van der Waals surface area contributed by atoms with Crippen molar-refractivity contribution in [2.24, 2.45) is 0 Å². The molecule has 146 valence electrons. The van der Waals surface area contributed by atoms with Gasteiger partial charge in [0.25, 0.3) is 0 Å². The zero-order valence-electron chi connectivity index (χ0n) is 16.5. The number of hydrogen-bond donors (Lipinski definition) is 2. The SMILES string of the molecule is CC(C)c1ccccc1-c1nc(NSc2cccc(N)c2)nc(Cl)c1C(C)C. The minimum absolute atomic E-state index is 0.207. The first kappa shape index (κ1) is 20.5. The van der Waals surface area contributed by atoms with Crippen LogP contribution in [0.4, 0.5) is 11.6 Å². The molecule has 0 spiro atoms. The van der Waals surface area contributed by atoms with Gasteiger partial charge in [0.2, 0.25) is 5.95 Å². The fourth-order valence-electron chi connectivity index (χ4n) is 3.10. The van der Waals surface area contributed by atoms with Gasteiger partial charge in [0.1, 0.15) is 5.15 Å². The summed E-state index contributed by atoms with van der Waals surface area (Å²) in [6.07, 6.45) is 0. The molecule has 28 heavy (non-hydrogen) atoms. The van der Waals surface area contributed by atoms with Crippen molar-refractivity contribution in [1.82, 2.24) is 9.97 Å². The van der Waals surface area contributed by atoms with E-state index >= 15 is 0 Å². The van der Waals surface area contributed by atoms with Crippen molar-refractivity contribution in [2.45, 2.75) is 44.4 Å². The lowest BCUT2D eigenvalue weighted by atomic mass is 9.91. The second kappa shape index (κ2) is 8.84. The molecule has 0 aliphatic carbocycles. The molecule has 0 radical (unpaired) electrons. The van der Waals surface area contributed by atoms with E-state index in [1.807, 2.05) is 30.3 Å². The fraction of sp³-hybridized carbons (Fsp3) is 0.273. The molecule has 0 atom stereocenters. The van der Waals surface area contributed by atoms with Crippen LogP contribution in [-0.4, -0.2) is 9.97 Å². The molecule has 1 heterocycles. The van der Waals surface area contributed by atoms with E-state index in [0.717, 1.165) is 21.7 Å². The van der Waals surface area contributed by atoms with E-state index in [2.05, 4.69) is 55.6 Å². The fourth-order valence-corrected chi connectivity index (χ4v) is 4.13. The molecule has 3 aromatic rings. The van der Waals surface area contributed by atoms with Crippen molar-refractivity contribution < 1.29 is 0 Å². The topological polar surface area (TPSA) is 63.8 Å². The maximum absolute atomic E-state index is 6.60. The maximum atomic E-state index is 6.60. The Balaban J connectivity index is 2.03. The maximum Gasteiger partial charge on any atom is 0.235 e. The van der Waals surface area contributed by atoms with Crippen molar-refractivity contribution in [3.8, 4) is 11.3 Å². The summed E-state index contributed by atoms with van der Waals surface area (Å²) < 4.78 is 3.21. The predicted molar refractivity (Wildman–Crippen MR) is 121 cm³/mol. The van der Waals surface area contributed by atoms with Crippen LogP contribution in [0.15, 0.2) is 53.4 Å². The minimum atomic E-state index is 0.207. The number of anilines is 2. The molecule has 0 aliphatic rings.